The first-order chi connectivity index (χ1) is 7.84. The lowest BCUT2D eigenvalue weighted by molar-refractivity contribution is -0.133. The number of rotatable bonds is 9. The lowest BCUT2D eigenvalue weighted by Gasteiger charge is -2.15. The molecule has 0 aromatic rings. The van der Waals surface area contributed by atoms with Crippen LogP contribution < -0.4 is 11.5 Å². The minimum Gasteiger partial charge on any atom is -0.391 e. The van der Waals surface area contributed by atoms with Gasteiger partial charge in [-0.2, -0.15) is 0 Å². The van der Waals surface area contributed by atoms with Crippen LogP contribution in [0.5, 0.6) is 0 Å². The zero-order valence-electron chi connectivity index (χ0n) is 10.4. The summed E-state index contributed by atoms with van der Waals surface area (Å²) < 4.78 is 5.21. The van der Waals surface area contributed by atoms with Gasteiger partial charge in [0.15, 0.2) is 0 Å². The molecule has 0 saturated heterocycles. The van der Waals surface area contributed by atoms with Gasteiger partial charge in [-0.25, -0.2) is 0 Å². The van der Waals surface area contributed by atoms with E-state index < -0.39 is 23.8 Å². The van der Waals surface area contributed by atoms with Crippen LogP contribution in [0.1, 0.15) is 26.7 Å². The third-order valence-corrected chi connectivity index (χ3v) is 2.34. The molecule has 100 valence electrons. The van der Waals surface area contributed by atoms with Crippen LogP contribution in [0.3, 0.4) is 0 Å². The summed E-state index contributed by atoms with van der Waals surface area (Å²) in [5.41, 5.74) is 9.98. The van der Waals surface area contributed by atoms with Crippen molar-refractivity contribution in [3.63, 3.8) is 0 Å². The lowest BCUT2D eigenvalue weighted by Crippen LogP contribution is -2.38. The van der Waals surface area contributed by atoms with Gasteiger partial charge in [0, 0.05) is 6.61 Å². The number of nitrogens with two attached hydrogens (primary N) is 2. The van der Waals surface area contributed by atoms with Crippen molar-refractivity contribution in [3.8, 4) is 0 Å². The summed E-state index contributed by atoms with van der Waals surface area (Å²) >= 11 is 0. The van der Waals surface area contributed by atoms with Crippen molar-refractivity contribution < 1.29 is 19.4 Å². The van der Waals surface area contributed by atoms with E-state index in [0.29, 0.717) is 12.5 Å². The molecular weight excluding hydrogens is 224 g/mol. The van der Waals surface area contributed by atoms with E-state index in [1.54, 1.807) is 0 Å². The molecule has 0 aliphatic carbocycles. The van der Waals surface area contributed by atoms with Crippen molar-refractivity contribution in [2.75, 3.05) is 13.2 Å². The van der Waals surface area contributed by atoms with Crippen LogP contribution in [0.2, 0.25) is 0 Å². The lowest BCUT2D eigenvalue weighted by atomic mass is 10.0. The second-order valence-corrected chi connectivity index (χ2v) is 4.50. The van der Waals surface area contributed by atoms with Gasteiger partial charge in [-0.15, -0.1) is 0 Å². The Morgan fingerprint density at radius 3 is 2.18 bits per heavy atom. The van der Waals surface area contributed by atoms with E-state index in [-0.39, 0.29) is 13.0 Å². The zero-order chi connectivity index (χ0) is 13.4. The van der Waals surface area contributed by atoms with Crippen LogP contribution >= 0.6 is 0 Å². The fraction of sp³-hybridized carbons (Fsp3) is 0.818. The van der Waals surface area contributed by atoms with E-state index in [0.717, 1.165) is 6.42 Å². The molecule has 1 atom stereocenters. The monoisotopic (exact) mass is 246 g/mol. The van der Waals surface area contributed by atoms with Crippen LogP contribution in [0.25, 0.3) is 0 Å². The number of primary amides is 2. The first-order valence-corrected chi connectivity index (χ1v) is 5.69. The minimum atomic E-state index is -1.14. The molecule has 0 aliphatic heterocycles. The largest absolute Gasteiger partial charge is 0.391 e. The van der Waals surface area contributed by atoms with Crippen molar-refractivity contribution in [3.05, 3.63) is 0 Å². The van der Waals surface area contributed by atoms with Crippen LogP contribution in [0.4, 0.5) is 0 Å². The Morgan fingerprint density at radius 1 is 1.24 bits per heavy atom. The van der Waals surface area contributed by atoms with E-state index in [2.05, 4.69) is 13.8 Å². The molecule has 0 rings (SSSR count). The molecule has 5 N–H and O–H groups in total. The molecule has 0 aliphatic rings. The van der Waals surface area contributed by atoms with Gasteiger partial charge in [0.25, 0.3) is 0 Å². The van der Waals surface area contributed by atoms with Gasteiger partial charge < -0.3 is 21.3 Å². The average Bonchev–Trinajstić information content (AvgIpc) is 2.19. The Morgan fingerprint density at radius 2 is 1.76 bits per heavy atom. The standard InChI is InChI=1S/C11H22N2O4/c1-7(2)3-4-17-6-8(14)5-9(10(12)15)11(13)16/h7-9,14H,3-6H2,1-2H3,(H2,12,15)(H2,13,16). The maximum absolute atomic E-state index is 10.9. The maximum Gasteiger partial charge on any atom is 0.230 e. The van der Waals surface area contributed by atoms with Gasteiger partial charge in [-0.3, -0.25) is 9.59 Å². The fourth-order valence-corrected chi connectivity index (χ4v) is 1.25. The second-order valence-electron chi connectivity index (χ2n) is 4.50. The summed E-state index contributed by atoms with van der Waals surface area (Å²) in [5.74, 6) is -2.26. The Kier molecular flexibility index (Phi) is 7.49. The molecule has 0 spiro atoms. The predicted molar refractivity (Wildman–Crippen MR) is 62.8 cm³/mol. The summed E-state index contributed by atoms with van der Waals surface area (Å²) in [6, 6.07) is 0. The molecule has 0 radical (unpaired) electrons. The number of aliphatic hydroxyl groups excluding tert-OH is 1. The van der Waals surface area contributed by atoms with Crippen LogP contribution in [-0.2, 0) is 14.3 Å². The molecule has 6 nitrogen and oxygen atoms in total. The summed E-state index contributed by atoms with van der Waals surface area (Å²) in [6.45, 7) is 4.74. The SMILES string of the molecule is CC(C)CCOCC(O)CC(C(N)=O)C(N)=O. The third-order valence-electron chi connectivity index (χ3n) is 2.34. The van der Waals surface area contributed by atoms with E-state index in [9.17, 15) is 14.7 Å². The third kappa shape index (κ3) is 7.70. The normalized spacial score (nSPS) is 13.0. The molecule has 0 aromatic heterocycles. The van der Waals surface area contributed by atoms with E-state index >= 15 is 0 Å². The molecule has 6 heteroatoms. The van der Waals surface area contributed by atoms with Crippen LogP contribution in [0.15, 0.2) is 0 Å². The summed E-state index contributed by atoms with van der Waals surface area (Å²) in [5, 5.41) is 9.54. The number of carbonyl (C=O) groups is 2. The minimum absolute atomic E-state index is 0.0732. The summed E-state index contributed by atoms with van der Waals surface area (Å²) in [6.07, 6.45) is -0.110. The van der Waals surface area contributed by atoms with Gasteiger partial charge in [0.1, 0.15) is 5.92 Å². The smallest absolute Gasteiger partial charge is 0.230 e. The highest BCUT2D eigenvalue weighted by Crippen LogP contribution is 2.07. The molecule has 0 saturated carbocycles. The molecular formula is C11H22N2O4. The van der Waals surface area contributed by atoms with Crippen molar-refractivity contribution in [1.29, 1.82) is 0 Å². The highest BCUT2D eigenvalue weighted by Gasteiger charge is 2.25. The quantitative estimate of drug-likeness (QED) is 0.371. The summed E-state index contributed by atoms with van der Waals surface area (Å²) in [7, 11) is 0. The zero-order valence-corrected chi connectivity index (χ0v) is 10.4. The van der Waals surface area contributed by atoms with Crippen LogP contribution in [-0.4, -0.2) is 36.2 Å². The first-order valence-electron chi connectivity index (χ1n) is 5.69. The molecule has 17 heavy (non-hydrogen) atoms. The maximum atomic E-state index is 10.9. The van der Waals surface area contributed by atoms with Crippen molar-refractivity contribution in [2.45, 2.75) is 32.8 Å². The number of aliphatic hydroxyl groups is 1. The van der Waals surface area contributed by atoms with Gasteiger partial charge in [-0.1, -0.05) is 13.8 Å². The molecule has 0 heterocycles. The average molecular weight is 246 g/mol. The van der Waals surface area contributed by atoms with Crippen molar-refractivity contribution >= 4 is 11.8 Å². The Bertz CT molecular complexity index is 242. The van der Waals surface area contributed by atoms with E-state index in [1.165, 1.54) is 0 Å². The molecule has 0 aromatic carbocycles. The highest BCUT2D eigenvalue weighted by molar-refractivity contribution is 5.98. The fourth-order valence-electron chi connectivity index (χ4n) is 1.25. The molecule has 1 unspecified atom stereocenters. The van der Waals surface area contributed by atoms with Crippen molar-refractivity contribution in [2.24, 2.45) is 23.3 Å². The van der Waals surface area contributed by atoms with Gasteiger partial charge in [-0.05, 0) is 18.8 Å². The topological polar surface area (TPSA) is 116 Å². The summed E-state index contributed by atoms with van der Waals surface area (Å²) in [4.78, 5) is 21.7. The number of amides is 2. The van der Waals surface area contributed by atoms with Gasteiger partial charge in [0.2, 0.25) is 11.8 Å². The predicted octanol–water partition coefficient (Wildman–Crippen LogP) is -0.613. The Labute approximate surface area is 101 Å². The Balaban J connectivity index is 3.87. The number of hydrogen-bond acceptors (Lipinski definition) is 4. The van der Waals surface area contributed by atoms with Gasteiger partial charge in [0.05, 0.1) is 12.7 Å². The highest BCUT2D eigenvalue weighted by atomic mass is 16.5. The molecule has 0 fully saturated rings. The van der Waals surface area contributed by atoms with Gasteiger partial charge >= 0.3 is 0 Å². The molecule has 2 amide bonds. The Hall–Kier alpha value is -1.14. The number of ether oxygens (including phenoxy) is 1. The van der Waals surface area contributed by atoms with E-state index in [4.69, 9.17) is 16.2 Å². The number of carbonyl (C=O) groups excluding carboxylic acids is 2. The van der Waals surface area contributed by atoms with E-state index in [1.807, 2.05) is 0 Å². The second kappa shape index (κ2) is 8.03. The van der Waals surface area contributed by atoms with Crippen molar-refractivity contribution in [1.82, 2.24) is 0 Å². The molecule has 0 bridgehead atoms. The first kappa shape index (κ1) is 15.9. The van der Waals surface area contributed by atoms with Crippen LogP contribution in [0, 0.1) is 11.8 Å². The number of hydrogen-bond donors (Lipinski definition) is 3.